The lowest BCUT2D eigenvalue weighted by atomic mass is 10.0. The highest BCUT2D eigenvalue weighted by molar-refractivity contribution is 7.11. The van der Waals surface area contributed by atoms with Crippen LogP contribution in [-0.2, 0) is 26.0 Å². The van der Waals surface area contributed by atoms with Gasteiger partial charge in [-0.1, -0.05) is 5.16 Å². The summed E-state index contributed by atoms with van der Waals surface area (Å²) < 4.78 is 12.7. The van der Waals surface area contributed by atoms with E-state index in [-0.39, 0.29) is 18.2 Å². The third-order valence-corrected chi connectivity index (χ3v) is 6.43. The highest BCUT2D eigenvalue weighted by Crippen LogP contribution is 2.27. The molecule has 0 spiro atoms. The fourth-order valence-electron chi connectivity index (χ4n) is 3.62. The van der Waals surface area contributed by atoms with Gasteiger partial charge in [0.15, 0.2) is 11.5 Å². The van der Waals surface area contributed by atoms with Crippen molar-refractivity contribution in [1.82, 2.24) is 29.8 Å². The van der Waals surface area contributed by atoms with Crippen molar-refractivity contribution in [3.05, 3.63) is 70.0 Å². The topological polar surface area (TPSA) is 99.2 Å². The molecule has 3 aromatic heterocycles. The van der Waals surface area contributed by atoms with Gasteiger partial charge in [0, 0.05) is 18.0 Å². The number of aromatic nitrogens is 5. The van der Waals surface area contributed by atoms with Crippen LogP contribution >= 0.6 is 11.3 Å². The fourth-order valence-corrected chi connectivity index (χ4v) is 4.83. The molecule has 1 aromatic carbocycles. The van der Waals surface area contributed by atoms with Gasteiger partial charge in [-0.3, -0.25) is 4.79 Å². The van der Waals surface area contributed by atoms with Crippen LogP contribution in [0, 0.1) is 0 Å². The van der Waals surface area contributed by atoms with Gasteiger partial charge in [-0.15, -0.1) is 11.3 Å². The highest BCUT2D eigenvalue weighted by atomic mass is 32.1. The molecule has 0 atom stereocenters. The molecule has 1 amide bonds. The zero-order valence-electron chi connectivity index (χ0n) is 17.6. The zero-order valence-corrected chi connectivity index (χ0v) is 18.4. The summed E-state index contributed by atoms with van der Waals surface area (Å²) in [5.41, 5.74) is 2.34. The van der Waals surface area contributed by atoms with Gasteiger partial charge in [-0.05, 0) is 49.9 Å². The Morgan fingerprint density at radius 1 is 1.25 bits per heavy atom. The average Bonchev–Trinajstić information content (AvgIpc) is 3.58. The van der Waals surface area contributed by atoms with Gasteiger partial charge >= 0.3 is 0 Å². The van der Waals surface area contributed by atoms with E-state index in [1.54, 1.807) is 40.4 Å². The summed E-state index contributed by atoms with van der Waals surface area (Å²) in [4.78, 5) is 24.4. The van der Waals surface area contributed by atoms with Crippen molar-refractivity contribution < 1.29 is 14.1 Å². The Labute approximate surface area is 188 Å². The van der Waals surface area contributed by atoms with Gasteiger partial charge in [0.25, 0.3) is 5.91 Å². The number of aryl methyl sites for hydroxylation is 2. The van der Waals surface area contributed by atoms with Crippen molar-refractivity contribution in [3.63, 3.8) is 0 Å². The molecule has 0 unspecified atom stereocenters. The minimum Gasteiger partial charge on any atom is -0.486 e. The van der Waals surface area contributed by atoms with Crippen LogP contribution in [0.2, 0.25) is 0 Å². The summed E-state index contributed by atoms with van der Waals surface area (Å²) in [6.45, 7) is 0.638. The fraction of sp³-hybridized carbons (Fsp3) is 0.318. The van der Waals surface area contributed by atoms with E-state index < -0.39 is 0 Å². The van der Waals surface area contributed by atoms with Gasteiger partial charge < -0.3 is 14.2 Å². The standard InChI is InChI=1S/C22H22N6O3S/c1-27(11-21-25-18-4-2-3-5-20(18)32-21)22(29)19-10-17(31-26-19)12-30-16-8-6-15(7-9-16)28-14-23-13-24-28/h6-10,13-14H,2-5,11-12H2,1H3. The van der Waals surface area contributed by atoms with Crippen LogP contribution in [0.3, 0.4) is 0 Å². The molecule has 0 radical (unpaired) electrons. The molecule has 164 valence electrons. The molecule has 0 saturated carbocycles. The highest BCUT2D eigenvalue weighted by Gasteiger charge is 2.21. The number of benzene rings is 1. The van der Waals surface area contributed by atoms with Gasteiger partial charge in [-0.25, -0.2) is 14.6 Å². The van der Waals surface area contributed by atoms with Crippen molar-refractivity contribution >= 4 is 17.2 Å². The van der Waals surface area contributed by atoms with E-state index >= 15 is 0 Å². The van der Waals surface area contributed by atoms with Crippen LogP contribution < -0.4 is 4.74 Å². The second kappa shape index (κ2) is 8.91. The molecule has 9 nitrogen and oxygen atoms in total. The molecular weight excluding hydrogens is 428 g/mol. The molecule has 10 heteroatoms. The number of carbonyl (C=O) groups excluding carboxylic acids is 1. The van der Waals surface area contributed by atoms with Gasteiger partial charge in [-0.2, -0.15) is 5.10 Å². The number of fused-ring (bicyclic) bond motifs is 1. The van der Waals surface area contributed by atoms with E-state index in [1.165, 1.54) is 29.7 Å². The van der Waals surface area contributed by atoms with Crippen LogP contribution in [0.4, 0.5) is 0 Å². The third-order valence-electron chi connectivity index (χ3n) is 5.29. The monoisotopic (exact) mass is 450 g/mol. The molecule has 3 heterocycles. The number of nitrogens with zero attached hydrogens (tertiary/aromatic N) is 6. The SMILES string of the molecule is CN(Cc1nc2c(s1)CCCC2)C(=O)c1cc(COc2ccc(-n3cncn3)cc2)on1. The molecule has 0 aliphatic heterocycles. The zero-order chi connectivity index (χ0) is 21.9. The molecule has 1 aliphatic carbocycles. The number of ether oxygens (including phenoxy) is 1. The number of rotatable bonds is 7. The normalized spacial score (nSPS) is 13.0. The number of thiazole rings is 1. The van der Waals surface area contributed by atoms with Gasteiger partial charge in [0.05, 0.1) is 17.9 Å². The second-order valence-electron chi connectivity index (χ2n) is 7.65. The molecule has 0 N–H and O–H groups in total. The van der Waals surface area contributed by atoms with Crippen molar-refractivity contribution in [2.24, 2.45) is 0 Å². The maximum absolute atomic E-state index is 12.8. The van der Waals surface area contributed by atoms with Crippen molar-refractivity contribution in [2.75, 3.05) is 7.05 Å². The van der Waals surface area contributed by atoms with E-state index in [2.05, 4.69) is 15.2 Å². The lowest BCUT2D eigenvalue weighted by molar-refractivity contribution is 0.0774. The molecule has 0 bridgehead atoms. The van der Waals surface area contributed by atoms with E-state index in [9.17, 15) is 4.79 Å². The Hall–Kier alpha value is -3.53. The quantitative estimate of drug-likeness (QED) is 0.425. The van der Waals surface area contributed by atoms with E-state index in [1.807, 2.05) is 24.3 Å². The summed E-state index contributed by atoms with van der Waals surface area (Å²) in [7, 11) is 1.75. The minimum atomic E-state index is -0.203. The third kappa shape index (κ3) is 4.40. The molecule has 5 rings (SSSR count). The Balaban J connectivity index is 1.17. The maximum atomic E-state index is 12.8. The Morgan fingerprint density at radius 2 is 2.09 bits per heavy atom. The smallest absolute Gasteiger partial charge is 0.276 e. The lowest BCUT2D eigenvalue weighted by Gasteiger charge is -2.13. The van der Waals surface area contributed by atoms with Crippen molar-refractivity contribution in [3.8, 4) is 11.4 Å². The number of carbonyl (C=O) groups is 1. The maximum Gasteiger partial charge on any atom is 0.276 e. The predicted octanol–water partition coefficient (Wildman–Crippen LogP) is 3.44. The van der Waals surface area contributed by atoms with Gasteiger partial charge in [0.1, 0.15) is 30.0 Å². The van der Waals surface area contributed by atoms with Crippen LogP contribution in [0.25, 0.3) is 5.69 Å². The number of amides is 1. The van der Waals surface area contributed by atoms with E-state index in [4.69, 9.17) is 14.2 Å². The molecule has 1 aliphatic rings. The molecule has 4 aromatic rings. The van der Waals surface area contributed by atoms with Crippen LogP contribution in [0.5, 0.6) is 5.75 Å². The van der Waals surface area contributed by atoms with E-state index in [0.717, 1.165) is 23.5 Å². The lowest BCUT2D eigenvalue weighted by Crippen LogP contribution is -2.26. The molecule has 0 fully saturated rings. The molecule has 0 saturated heterocycles. The summed E-state index contributed by atoms with van der Waals surface area (Å²) in [5, 5.41) is 8.98. The first-order chi connectivity index (χ1) is 15.7. The molecule has 32 heavy (non-hydrogen) atoms. The number of hydrogen-bond donors (Lipinski definition) is 0. The molecular formula is C22H22N6O3S. The van der Waals surface area contributed by atoms with E-state index in [0.29, 0.717) is 18.1 Å². The minimum absolute atomic E-state index is 0.172. The largest absolute Gasteiger partial charge is 0.486 e. The van der Waals surface area contributed by atoms with Crippen molar-refractivity contribution in [2.45, 2.75) is 38.8 Å². The van der Waals surface area contributed by atoms with Crippen LogP contribution in [-0.4, -0.2) is 42.8 Å². The number of hydrogen-bond acceptors (Lipinski definition) is 8. The Bertz CT molecular complexity index is 1180. The average molecular weight is 451 g/mol. The van der Waals surface area contributed by atoms with Crippen LogP contribution in [0.15, 0.2) is 47.5 Å². The first-order valence-corrected chi connectivity index (χ1v) is 11.2. The summed E-state index contributed by atoms with van der Waals surface area (Å²) in [6.07, 6.45) is 7.66. The Kier molecular flexibility index (Phi) is 5.68. The van der Waals surface area contributed by atoms with Gasteiger partial charge in [0.2, 0.25) is 0 Å². The van der Waals surface area contributed by atoms with Crippen molar-refractivity contribution in [1.29, 1.82) is 0 Å². The second-order valence-corrected chi connectivity index (χ2v) is 8.82. The first-order valence-electron chi connectivity index (χ1n) is 10.4. The first kappa shape index (κ1) is 20.4. The summed E-state index contributed by atoms with van der Waals surface area (Å²) in [6, 6.07) is 9.05. The predicted molar refractivity (Wildman–Crippen MR) is 117 cm³/mol. The van der Waals surface area contributed by atoms with Crippen LogP contribution in [0.1, 0.15) is 44.7 Å². The summed E-state index contributed by atoms with van der Waals surface area (Å²) in [5.74, 6) is 0.945. The Morgan fingerprint density at radius 3 is 2.88 bits per heavy atom. The summed E-state index contributed by atoms with van der Waals surface area (Å²) >= 11 is 1.71.